The highest BCUT2D eigenvalue weighted by Crippen LogP contribution is 2.29. The van der Waals surface area contributed by atoms with Gasteiger partial charge in [0.2, 0.25) is 5.91 Å². The van der Waals surface area contributed by atoms with Crippen LogP contribution in [-0.4, -0.2) is 64.9 Å². The van der Waals surface area contributed by atoms with Gasteiger partial charge in [-0.1, -0.05) is 30.3 Å². The normalized spacial score (nSPS) is 19.8. The van der Waals surface area contributed by atoms with E-state index >= 15 is 0 Å². The van der Waals surface area contributed by atoms with Gasteiger partial charge in [0.25, 0.3) is 0 Å². The van der Waals surface area contributed by atoms with E-state index in [0.717, 1.165) is 64.5 Å². The zero-order valence-corrected chi connectivity index (χ0v) is 19.1. The molecule has 7 heteroatoms. The molecule has 32 heavy (non-hydrogen) atoms. The lowest BCUT2D eigenvalue weighted by Gasteiger charge is -2.39. The smallest absolute Gasteiger partial charge is 0.227 e. The molecule has 0 spiro atoms. The molecule has 0 unspecified atom stereocenters. The van der Waals surface area contributed by atoms with Crippen molar-refractivity contribution in [1.29, 1.82) is 0 Å². The maximum absolute atomic E-state index is 13.2. The van der Waals surface area contributed by atoms with Gasteiger partial charge in [-0.25, -0.2) is 4.98 Å². The Morgan fingerprint density at radius 1 is 1.00 bits per heavy atom. The fourth-order valence-electron chi connectivity index (χ4n) is 4.67. The number of piperidine rings is 1. The quantitative estimate of drug-likeness (QED) is 0.596. The molecule has 2 aromatic heterocycles. The second-order valence-corrected chi connectivity index (χ2v) is 9.75. The minimum Gasteiger partial charge on any atom is -0.355 e. The van der Waals surface area contributed by atoms with Crippen LogP contribution in [0.1, 0.15) is 17.7 Å². The molecule has 4 heterocycles. The maximum Gasteiger partial charge on any atom is 0.227 e. The van der Waals surface area contributed by atoms with Gasteiger partial charge in [0.05, 0.1) is 12.1 Å². The Kier molecular flexibility index (Phi) is 6.46. The van der Waals surface area contributed by atoms with E-state index in [1.807, 2.05) is 11.3 Å². The highest BCUT2D eigenvalue weighted by atomic mass is 32.1. The van der Waals surface area contributed by atoms with E-state index in [-0.39, 0.29) is 5.92 Å². The van der Waals surface area contributed by atoms with Crippen molar-refractivity contribution in [3.05, 3.63) is 65.9 Å². The lowest BCUT2D eigenvalue weighted by Crippen LogP contribution is -2.52. The molecule has 1 amide bonds. The van der Waals surface area contributed by atoms with Crippen molar-refractivity contribution >= 4 is 23.1 Å². The number of benzene rings is 1. The van der Waals surface area contributed by atoms with E-state index in [0.29, 0.717) is 5.91 Å². The summed E-state index contributed by atoms with van der Waals surface area (Å²) in [5, 5.41) is 0. The second-order valence-electron chi connectivity index (χ2n) is 8.58. The van der Waals surface area contributed by atoms with Gasteiger partial charge in [0.1, 0.15) is 5.82 Å². The minimum atomic E-state index is 0.0584. The average Bonchev–Trinajstić information content (AvgIpc) is 3.34. The Morgan fingerprint density at radius 3 is 2.62 bits per heavy atom. The van der Waals surface area contributed by atoms with Crippen LogP contribution in [0.15, 0.2) is 61.1 Å². The number of carbonyl (C=O) groups is 1. The monoisotopic (exact) mass is 447 g/mol. The van der Waals surface area contributed by atoms with Crippen molar-refractivity contribution < 1.29 is 4.79 Å². The van der Waals surface area contributed by atoms with Crippen molar-refractivity contribution in [2.45, 2.75) is 19.4 Å². The summed E-state index contributed by atoms with van der Waals surface area (Å²) >= 11 is 1.87. The second kappa shape index (κ2) is 9.79. The molecule has 2 fully saturated rings. The number of nitrogens with zero attached hydrogens (tertiary/aromatic N) is 5. The molecule has 5 rings (SSSR count). The van der Waals surface area contributed by atoms with E-state index in [4.69, 9.17) is 0 Å². The molecule has 0 N–H and O–H groups in total. The predicted octanol–water partition coefficient (Wildman–Crippen LogP) is 3.77. The third-order valence-corrected chi connectivity index (χ3v) is 7.55. The summed E-state index contributed by atoms with van der Waals surface area (Å²) < 4.78 is 0. The molecule has 2 saturated heterocycles. The third-order valence-electron chi connectivity index (χ3n) is 6.43. The molecule has 0 aliphatic carbocycles. The summed E-state index contributed by atoms with van der Waals surface area (Å²) in [6, 6.07) is 15.0. The predicted molar refractivity (Wildman–Crippen MR) is 129 cm³/mol. The Bertz CT molecular complexity index is 1020. The summed E-state index contributed by atoms with van der Waals surface area (Å²) in [5.74, 6) is 1.24. The number of rotatable bonds is 5. The van der Waals surface area contributed by atoms with E-state index in [1.54, 1.807) is 18.6 Å². The van der Waals surface area contributed by atoms with Gasteiger partial charge in [0.15, 0.2) is 0 Å². The summed E-state index contributed by atoms with van der Waals surface area (Å²) in [6.45, 7) is 6.16. The zero-order valence-electron chi connectivity index (χ0n) is 18.3. The Hall–Kier alpha value is -2.77. The van der Waals surface area contributed by atoms with Crippen LogP contribution in [-0.2, 0) is 11.3 Å². The minimum absolute atomic E-state index is 0.0584. The first-order valence-electron chi connectivity index (χ1n) is 11.4. The SMILES string of the molecule is O=C([C@H]1CCCN(c2cnccn2)C1)N1CCN(Cc2ccc(-c3ccccc3)s2)CC1. The molecule has 2 aliphatic rings. The summed E-state index contributed by atoms with van der Waals surface area (Å²) in [4.78, 5) is 31.2. The van der Waals surface area contributed by atoms with Crippen LogP contribution < -0.4 is 4.90 Å². The molecule has 0 bridgehead atoms. The molecule has 1 aromatic carbocycles. The number of hydrogen-bond acceptors (Lipinski definition) is 6. The summed E-state index contributed by atoms with van der Waals surface area (Å²) in [7, 11) is 0. The number of aromatic nitrogens is 2. The van der Waals surface area contributed by atoms with Crippen molar-refractivity contribution in [3.8, 4) is 10.4 Å². The first-order chi connectivity index (χ1) is 15.8. The van der Waals surface area contributed by atoms with E-state index in [1.165, 1.54) is 15.3 Å². The molecule has 1 atom stereocenters. The molecule has 0 saturated carbocycles. The van der Waals surface area contributed by atoms with Gasteiger partial charge in [0, 0.05) is 68.0 Å². The highest BCUT2D eigenvalue weighted by molar-refractivity contribution is 7.15. The van der Waals surface area contributed by atoms with Gasteiger partial charge < -0.3 is 9.80 Å². The number of piperazine rings is 1. The van der Waals surface area contributed by atoms with Crippen LogP contribution in [0.4, 0.5) is 5.82 Å². The van der Waals surface area contributed by atoms with Gasteiger partial charge >= 0.3 is 0 Å². The Balaban J connectivity index is 1.13. The Labute approximate surface area is 193 Å². The first-order valence-corrected chi connectivity index (χ1v) is 12.2. The fraction of sp³-hybridized carbons (Fsp3) is 0.400. The van der Waals surface area contributed by atoms with Crippen molar-refractivity contribution in [1.82, 2.24) is 19.8 Å². The standard InChI is InChI=1S/C25H29N5OS/c31-25(21-7-4-12-30(18-21)24-17-26-10-11-27-24)29-15-13-28(14-16-29)19-22-8-9-23(32-22)20-5-2-1-3-6-20/h1-3,5-6,8-11,17,21H,4,7,12-16,18-19H2/t21-/m0/s1. The van der Waals surface area contributed by atoms with Crippen LogP contribution in [0.3, 0.4) is 0 Å². The molecule has 0 radical (unpaired) electrons. The topological polar surface area (TPSA) is 52.6 Å². The largest absolute Gasteiger partial charge is 0.355 e. The van der Waals surface area contributed by atoms with E-state index in [2.05, 4.69) is 67.1 Å². The highest BCUT2D eigenvalue weighted by Gasteiger charge is 2.31. The molecule has 6 nitrogen and oxygen atoms in total. The Morgan fingerprint density at radius 2 is 1.84 bits per heavy atom. The van der Waals surface area contributed by atoms with Gasteiger partial charge in [-0.2, -0.15) is 0 Å². The number of carbonyl (C=O) groups excluding carboxylic acids is 1. The maximum atomic E-state index is 13.2. The van der Waals surface area contributed by atoms with E-state index < -0.39 is 0 Å². The van der Waals surface area contributed by atoms with Crippen LogP contribution in [0.2, 0.25) is 0 Å². The number of hydrogen-bond donors (Lipinski definition) is 0. The van der Waals surface area contributed by atoms with E-state index in [9.17, 15) is 4.79 Å². The van der Waals surface area contributed by atoms with Gasteiger partial charge in [-0.3, -0.25) is 14.7 Å². The molecule has 166 valence electrons. The average molecular weight is 448 g/mol. The van der Waals surface area contributed by atoms with Crippen LogP contribution in [0, 0.1) is 5.92 Å². The van der Waals surface area contributed by atoms with Crippen LogP contribution in [0.25, 0.3) is 10.4 Å². The van der Waals surface area contributed by atoms with Gasteiger partial charge in [-0.15, -0.1) is 11.3 Å². The third kappa shape index (κ3) is 4.84. The molecular weight excluding hydrogens is 418 g/mol. The lowest BCUT2D eigenvalue weighted by atomic mass is 9.96. The van der Waals surface area contributed by atoms with Crippen molar-refractivity contribution in [2.75, 3.05) is 44.2 Å². The molecular formula is C25H29N5OS. The van der Waals surface area contributed by atoms with Gasteiger partial charge in [-0.05, 0) is 30.5 Å². The van der Waals surface area contributed by atoms with Crippen molar-refractivity contribution in [3.63, 3.8) is 0 Å². The van der Waals surface area contributed by atoms with Crippen LogP contribution in [0.5, 0.6) is 0 Å². The summed E-state index contributed by atoms with van der Waals surface area (Å²) in [6.07, 6.45) is 7.19. The van der Waals surface area contributed by atoms with Crippen LogP contribution >= 0.6 is 11.3 Å². The summed E-state index contributed by atoms with van der Waals surface area (Å²) in [5.41, 5.74) is 1.28. The molecule has 3 aromatic rings. The number of thiophene rings is 1. The lowest BCUT2D eigenvalue weighted by molar-refractivity contribution is -0.137. The number of anilines is 1. The fourth-order valence-corrected chi connectivity index (χ4v) is 5.72. The molecule has 2 aliphatic heterocycles. The first kappa shape index (κ1) is 21.1. The van der Waals surface area contributed by atoms with Crippen molar-refractivity contribution in [2.24, 2.45) is 5.92 Å². The zero-order chi connectivity index (χ0) is 21.8. The number of amides is 1.